The Hall–Kier alpha value is -0.104. The summed E-state index contributed by atoms with van der Waals surface area (Å²) in [5, 5.41) is 0. The Labute approximate surface area is 97.0 Å². The molecule has 0 aliphatic carbocycles. The van der Waals surface area contributed by atoms with Gasteiger partial charge in [-0.25, -0.2) is 0 Å². The van der Waals surface area contributed by atoms with Crippen molar-refractivity contribution < 1.29 is 15.8 Å². The summed E-state index contributed by atoms with van der Waals surface area (Å²) < 4.78 is 30.2. The van der Waals surface area contributed by atoms with Crippen LogP contribution in [0.15, 0.2) is 23.1 Å². The van der Waals surface area contributed by atoms with Crippen LogP contribution in [0.2, 0.25) is 0 Å². The maximum Gasteiger partial charge on any atom is 2.00 e. The molecule has 0 saturated carbocycles. The molecular weight excluding hydrogens is 200 g/mol. The molecule has 0 atom stereocenters. The molecule has 0 aliphatic rings. The first-order valence-electron chi connectivity index (χ1n) is 3.46. The zero-order valence-electron chi connectivity index (χ0n) is 9.61. The van der Waals surface area contributed by atoms with Gasteiger partial charge in [0.25, 0.3) is 10.1 Å². The van der Waals surface area contributed by atoms with E-state index in [2.05, 4.69) is 0 Å². The van der Waals surface area contributed by atoms with Gasteiger partial charge in [-0.3, -0.25) is 4.55 Å². The van der Waals surface area contributed by atoms with Crippen molar-refractivity contribution >= 4 is 33.2 Å². The molecule has 1 N–H and O–H groups in total. The minimum absolute atomic E-state index is 0. The third kappa shape index (κ3) is 3.26. The van der Waals surface area contributed by atoms with Crippen molar-refractivity contribution in [2.75, 3.05) is 0 Å². The number of hydrogen-bond acceptors (Lipinski definition) is 2. The fourth-order valence-corrected chi connectivity index (χ4v) is 1.79. The van der Waals surface area contributed by atoms with Crippen LogP contribution in [0.5, 0.6) is 0 Å². The zero-order chi connectivity index (χ0) is 9.35. The molecule has 0 amide bonds. The summed E-state index contributed by atoms with van der Waals surface area (Å²) >= 11 is 0. The van der Waals surface area contributed by atoms with Crippen LogP contribution in [0, 0.1) is 13.8 Å². The van der Waals surface area contributed by atoms with Gasteiger partial charge in [-0.15, -0.1) is 0 Å². The van der Waals surface area contributed by atoms with E-state index >= 15 is 0 Å². The predicted molar refractivity (Wildman–Crippen MR) is 53.7 cm³/mol. The summed E-state index contributed by atoms with van der Waals surface area (Å²) in [6.45, 7) is 3.51. The van der Waals surface area contributed by atoms with E-state index in [-0.39, 0.29) is 30.8 Å². The second-order valence-corrected chi connectivity index (χ2v) is 4.13. The van der Waals surface area contributed by atoms with E-state index in [1.54, 1.807) is 19.1 Å². The molecule has 3 nitrogen and oxygen atoms in total. The first-order chi connectivity index (χ1) is 5.41. The van der Waals surface area contributed by atoms with Gasteiger partial charge in [0.15, 0.2) is 0 Å². The molecule has 1 rings (SSSR count). The van der Waals surface area contributed by atoms with Crippen LogP contribution in [0.1, 0.15) is 14.0 Å². The average Bonchev–Trinajstić information content (AvgIpc) is 1.83. The normalized spacial score (nSPS) is 10.7. The molecule has 0 aliphatic heterocycles. The van der Waals surface area contributed by atoms with Crippen molar-refractivity contribution in [3.63, 3.8) is 0 Å². The van der Waals surface area contributed by atoms with Gasteiger partial charge < -0.3 is 2.85 Å². The van der Waals surface area contributed by atoms with Gasteiger partial charge in [0, 0.05) is 0 Å². The minimum Gasteiger partial charge on any atom is -1.00 e. The molecule has 0 heterocycles. The fraction of sp³-hybridized carbons (Fsp3) is 0.250. The monoisotopic (exact) mass is 212 g/mol. The number of rotatable bonds is 1. The van der Waals surface area contributed by atoms with E-state index in [4.69, 9.17) is 4.55 Å². The second kappa shape index (κ2) is 4.41. The Kier molecular flexibility index (Phi) is 4.37. The quantitative estimate of drug-likeness (QED) is 0.565. The first kappa shape index (κ1) is 12.9. The van der Waals surface area contributed by atoms with Crippen LogP contribution in [-0.4, -0.2) is 36.0 Å². The van der Waals surface area contributed by atoms with E-state index in [0.717, 1.165) is 5.56 Å². The average molecular weight is 213 g/mol. The van der Waals surface area contributed by atoms with E-state index < -0.39 is 10.1 Å². The summed E-state index contributed by atoms with van der Waals surface area (Å²) in [7, 11) is -4.05. The number of benzene rings is 1. The molecule has 0 saturated heterocycles. The van der Waals surface area contributed by atoms with Crippen molar-refractivity contribution in [1.29, 1.82) is 0 Å². The van der Waals surface area contributed by atoms with E-state index in [0.29, 0.717) is 5.56 Å². The van der Waals surface area contributed by atoms with Crippen LogP contribution in [0.25, 0.3) is 0 Å². The first-order valence-corrected chi connectivity index (χ1v) is 4.90. The summed E-state index contributed by atoms with van der Waals surface area (Å²) in [5.41, 5.74) is 1.54. The molecule has 13 heavy (non-hydrogen) atoms. The maximum atomic E-state index is 10.7. The molecule has 1 aromatic rings. The van der Waals surface area contributed by atoms with Gasteiger partial charge in [-0.05, 0) is 25.5 Å². The minimum atomic E-state index is -4.05. The third-order valence-electron chi connectivity index (χ3n) is 1.61. The zero-order valence-corrected chi connectivity index (χ0v) is 9.84. The summed E-state index contributed by atoms with van der Waals surface area (Å²) in [4.78, 5) is -0.0203. The largest absolute Gasteiger partial charge is 2.00 e. The summed E-state index contributed by atoms with van der Waals surface area (Å²) in [6, 6.07) is 4.76. The van der Waals surface area contributed by atoms with Crippen molar-refractivity contribution in [3.8, 4) is 0 Å². The van der Waals surface area contributed by atoms with Gasteiger partial charge in [-0.1, -0.05) is 17.7 Å². The van der Waals surface area contributed by atoms with Crippen molar-refractivity contribution in [2.24, 2.45) is 0 Å². The standard InChI is InChI=1S/C8H10O3S.Mg.2H/c1-6-3-4-8(7(2)5-6)12(9,10)11;;;/h3-5H,1-2H3,(H,9,10,11);;;/q;+2;2*-1. The third-order valence-corrected chi connectivity index (χ3v) is 2.62. The van der Waals surface area contributed by atoms with Crippen LogP contribution in [0.4, 0.5) is 0 Å². The van der Waals surface area contributed by atoms with Crippen LogP contribution in [-0.2, 0) is 10.1 Å². The van der Waals surface area contributed by atoms with Gasteiger partial charge in [0.2, 0.25) is 0 Å². The molecule has 5 heteroatoms. The van der Waals surface area contributed by atoms with Crippen molar-refractivity contribution in [3.05, 3.63) is 29.3 Å². The Balaban J connectivity index is -0.000000480. The number of hydrogen-bond donors (Lipinski definition) is 1. The number of aryl methyl sites for hydroxylation is 2. The smallest absolute Gasteiger partial charge is 1.00 e. The molecule has 0 spiro atoms. The maximum absolute atomic E-state index is 10.7. The molecule has 0 bridgehead atoms. The Bertz CT molecular complexity index is 406. The molecule has 0 fully saturated rings. The molecule has 0 radical (unpaired) electrons. The van der Waals surface area contributed by atoms with E-state index in [1.807, 2.05) is 6.92 Å². The Morgan fingerprint density at radius 3 is 2.23 bits per heavy atom. The van der Waals surface area contributed by atoms with Crippen LogP contribution in [0.3, 0.4) is 0 Å². The van der Waals surface area contributed by atoms with Crippen molar-refractivity contribution in [1.82, 2.24) is 0 Å². The van der Waals surface area contributed by atoms with Crippen LogP contribution >= 0.6 is 0 Å². The van der Waals surface area contributed by atoms with Gasteiger partial charge >= 0.3 is 23.1 Å². The predicted octanol–water partition coefficient (Wildman–Crippen LogP) is 1.39. The molecular formula is C8H12MgO3S. The topological polar surface area (TPSA) is 54.4 Å². The Morgan fingerprint density at radius 2 is 1.85 bits per heavy atom. The van der Waals surface area contributed by atoms with E-state index in [1.165, 1.54) is 6.07 Å². The van der Waals surface area contributed by atoms with Crippen molar-refractivity contribution in [2.45, 2.75) is 18.7 Å². The van der Waals surface area contributed by atoms with Gasteiger partial charge in [0.05, 0.1) is 4.90 Å². The summed E-state index contributed by atoms with van der Waals surface area (Å²) in [6.07, 6.45) is 0. The Morgan fingerprint density at radius 1 is 1.31 bits per heavy atom. The van der Waals surface area contributed by atoms with Crippen LogP contribution < -0.4 is 0 Å². The van der Waals surface area contributed by atoms with Gasteiger partial charge in [0.1, 0.15) is 0 Å². The molecule has 0 aromatic heterocycles. The fourth-order valence-electron chi connectivity index (χ4n) is 1.09. The molecule has 70 valence electrons. The van der Waals surface area contributed by atoms with Gasteiger partial charge in [-0.2, -0.15) is 8.42 Å². The van der Waals surface area contributed by atoms with E-state index in [9.17, 15) is 8.42 Å². The SMILES string of the molecule is Cc1ccc(S(=O)(=O)O)c(C)c1.[H-].[H-].[Mg+2]. The second-order valence-electron chi connectivity index (χ2n) is 2.74. The summed E-state index contributed by atoms with van der Waals surface area (Å²) in [5.74, 6) is 0. The molecule has 0 unspecified atom stereocenters. The molecule has 1 aromatic carbocycles.